The monoisotopic (exact) mass is 286 g/mol. The van der Waals surface area contributed by atoms with Crippen LogP contribution < -0.4 is 5.32 Å². The molecule has 2 heterocycles. The fraction of sp³-hybridized carbons (Fsp3) is 0.400. The normalized spacial score (nSPS) is 10.1. The number of aromatic nitrogens is 5. The molecule has 1 N–H and O–H groups in total. The Labute approximate surface area is 116 Å². The molecule has 2 aromatic heterocycles. The molecule has 0 aliphatic carbocycles. The van der Waals surface area contributed by atoms with Gasteiger partial charge in [-0.05, 0) is 28.1 Å². The maximum atomic E-state index is 3.98. The van der Waals surface area contributed by atoms with Crippen molar-refractivity contribution in [1.82, 2.24) is 30.5 Å². The van der Waals surface area contributed by atoms with Gasteiger partial charge in [0.1, 0.15) is 0 Å². The molecule has 6 nitrogen and oxygen atoms in total. The predicted octanol–water partition coefficient (Wildman–Crippen LogP) is 0.909. The van der Waals surface area contributed by atoms with E-state index in [4.69, 9.17) is 0 Å². The molecule has 0 atom stereocenters. The number of hydrogen-bond acceptors (Lipinski definition) is 6. The van der Waals surface area contributed by atoms with Crippen LogP contribution in [0.2, 0.25) is 0 Å². The third-order valence-corrected chi connectivity index (χ3v) is 3.18. The number of nitrogens with zero attached hydrogens (tertiary/aromatic N) is 5. The molecule has 0 radical (unpaired) electrons. The molecule has 8 heteroatoms. The molecule has 0 unspecified atom stereocenters. The lowest BCUT2D eigenvalue weighted by atomic mass is 10.3. The molecule has 0 saturated carbocycles. The van der Waals surface area contributed by atoms with Crippen molar-refractivity contribution >= 4 is 24.2 Å². The van der Waals surface area contributed by atoms with Crippen LogP contribution in [0.15, 0.2) is 29.7 Å². The van der Waals surface area contributed by atoms with Gasteiger partial charge < -0.3 is 5.32 Å². The zero-order chi connectivity index (χ0) is 11.9. The molecule has 0 bridgehead atoms. The first kappa shape index (κ1) is 14.9. The summed E-state index contributed by atoms with van der Waals surface area (Å²) in [4.78, 5) is 3.98. The Morgan fingerprint density at radius 1 is 1.33 bits per heavy atom. The summed E-state index contributed by atoms with van der Waals surface area (Å²) >= 11 is 1.64. The highest BCUT2D eigenvalue weighted by Gasteiger charge is 2.01. The van der Waals surface area contributed by atoms with E-state index in [1.807, 2.05) is 19.2 Å². The lowest BCUT2D eigenvalue weighted by molar-refractivity contribution is 0.663. The quantitative estimate of drug-likeness (QED) is 0.629. The number of hydrogen-bond donors (Lipinski definition) is 1. The fourth-order valence-electron chi connectivity index (χ4n) is 1.29. The Hall–Kier alpha value is -1.18. The van der Waals surface area contributed by atoms with Gasteiger partial charge in [-0.3, -0.25) is 4.98 Å². The molecule has 0 saturated heterocycles. The number of aryl methyl sites for hydroxylation is 1. The first-order valence-corrected chi connectivity index (χ1v) is 6.29. The Kier molecular flexibility index (Phi) is 6.63. The van der Waals surface area contributed by atoms with Crippen molar-refractivity contribution in [3.05, 3.63) is 30.1 Å². The van der Waals surface area contributed by atoms with Crippen LogP contribution in [-0.2, 0) is 13.6 Å². The summed E-state index contributed by atoms with van der Waals surface area (Å²) in [6, 6.07) is 4.01. The second-order valence-corrected chi connectivity index (χ2v) is 4.53. The minimum Gasteiger partial charge on any atom is -0.312 e. The number of tetrazole rings is 1. The summed E-state index contributed by atoms with van der Waals surface area (Å²) in [6.07, 6.45) is 3.61. The van der Waals surface area contributed by atoms with E-state index in [0.29, 0.717) is 0 Å². The standard InChI is InChI=1S/C10H14N6S.ClH/c1-16-10(13-14-15-16)17-7-6-12-8-9-2-4-11-5-3-9;/h2-5,12H,6-8H2,1H3;1H. The number of rotatable bonds is 6. The highest BCUT2D eigenvalue weighted by Crippen LogP contribution is 2.10. The molecule has 18 heavy (non-hydrogen) atoms. The Balaban J connectivity index is 0.00000162. The van der Waals surface area contributed by atoms with Gasteiger partial charge >= 0.3 is 0 Å². The van der Waals surface area contributed by atoms with Gasteiger partial charge in [-0.2, -0.15) is 0 Å². The molecular weight excluding hydrogens is 272 g/mol. The molecule has 2 rings (SSSR count). The highest BCUT2D eigenvalue weighted by molar-refractivity contribution is 7.99. The summed E-state index contributed by atoms with van der Waals surface area (Å²) in [5, 5.41) is 15.5. The third kappa shape index (κ3) is 4.59. The number of thioether (sulfide) groups is 1. The van der Waals surface area contributed by atoms with Crippen LogP contribution >= 0.6 is 24.2 Å². The second-order valence-electron chi connectivity index (χ2n) is 3.47. The fourth-order valence-corrected chi connectivity index (χ4v) is 2.04. The maximum absolute atomic E-state index is 3.98. The van der Waals surface area contributed by atoms with E-state index >= 15 is 0 Å². The topological polar surface area (TPSA) is 68.5 Å². The average molecular weight is 287 g/mol. The van der Waals surface area contributed by atoms with Gasteiger partial charge in [0.2, 0.25) is 5.16 Å². The Morgan fingerprint density at radius 3 is 2.78 bits per heavy atom. The van der Waals surface area contributed by atoms with Gasteiger partial charge in [-0.15, -0.1) is 17.5 Å². The van der Waals surface area contributed by atoms with Crippen molar-refractivity contribution in [3.8, 4) is 0 Å². The van der Waals surface area contributed by atoms with Crippen molar-refractivity contribution in [2.24, 2.45) is 7.05 Å². The Bertz CT molecular complexity index is 449. The van der Waals surface area contributed by atoms with Crippen LogP contribution in [0.25, 0.3) is 0 Å². The lowest BCUT2D eigenvalue weighted by Crippen LogP contribution is -2.16. The summed E-state index contributed by atoms with van der Waals surface area (Å²) in [5.74, 6) is 0.944. The molecule has 2 aromatic rings. The predicted molar refractivity (Wildman–Crippen MR) is 72.7 cm³/mol. The van der Waals surface area contributed by atoms with Gasteiger partial charge in [-0.1, -0.05) is 11.8 Å². The van der Waals surface area contributed by atoms with E-state index in [2.05, 4.69) is 25.8 Å². The molecule has 98 valence electrons. The van der Waals surface area contributed by atoms with Crippen molar-refractivity contribution in [1.29, 1.82) is 0 Å². The number of halogens is 1. The van der Waals surface area contributed by atoms with Crippen molar-refractivity contribution < 1.29 is 0 Å². The summed E-state index contributed by atoms with van der Waals surface area (Å²) in [5.41, 5.74) is 1.24. The summed E-state index contributed by atoms with van der Waals surface area (Å²) in [7, 11) is 1.84. The van der Waals surface area contributed by atoms with Crippen LogP contribution in [0.4, 0.5) is 0 Å². The van der Waals surface area contributed by atoms with E-state index < -0.39 is 0 Å². The maximum Gasteiger partial charge on any atom is 0.209 e. The zero-order valence-corrected chi connectivity index (χ0v) is 11.6. The van der Waals surface area contributed by atoms with Gasteiger partial charge in [-0.25, -0.2) is 4.68 Å². The van der Waals surface area contributed by atoms with Gasteiger partial charge in [0.15, 0.2) is 0 Å². The van der Waals surface area contributed by atoms with E-state index in [1.165, 1.54) is 5.56 Å². The molecule has 0 amide bonds. The van der Waals surface area contributed by atoms with Gasteiger partial charge in [0, 0.05) is 38.3 Å². The van der Waals surface area contributed by atoms with Crippen LogP contribution in [0.1, 0.15) is 5.56 Å². The zero-order valence-electron chi connectivity index (χ0n) is 9.98. The van der Waals surface area contributed by atoms with Crippen molar-refractivity contribution in [2.45, 2.75) is 11.7 Å². The van der Waals surface area contributed by atoms with Gasteiger partial charge in [0.25, 0.3) is 0 Å². The van der Waals surface area contributed by atoms with Crippen molar-refractivity contribution in [3.63, 3.8) is 0 Å². The average Bonchev–Trinajstić information content (AvgIpc) is 2.76. The Morgan fingerprint density at radius 2 is 2.11 bits per heavy atom. The molecule has 0 aromatic carbocycles. The van der Waals surface area contributed by atoms with E-state index in [9.17, 15) is 0 Å². The minimum atomic E-state index is 0. The molecule has 0 spiro atoms. The first-order chi connectivity index (χ1) is 8.36. The lowest BCUT2D eigenvalue weighted by Gasteiger charge is -2.03. The molecule has 0 fully saturated rings. The SMILES string of the molecule is Cl.Cn1nnnc1SCCNCc1ccncc1. The molecular formula is C10H15ClN6S. The molecule has 0 aliphatic heterocycles. The van der Waals surface area contributed by atoms with Gasteiger partial charge in [0.05, 0.1) is 0 Å². The minimum absolute atomic E-state index is 0. The highest BCUT2D eigenvalue weighted by atomic mass is 35.5. The number of nitrogens with one attached hydrogen (secondary N) is 1. The third-order valence-electron chi connectivity index (χ3n) is 2.17. The molecule has 0 aliphatic rings. The van der Waals surface area contributed by atoms with Crippen LogP contribution in [0.3, 0.4) is 0 Å². The first-order valence-electron chi connectivity index (χ1n) is 5.31. The van der Waals surface area contributed by atoms with Crippen molar-refractivity contribution in [2.75, 3.05) is 12.3 Å². The van der Waals surface area contributed by atoms with E-state index in [-0.39, 0.29) is 12.4 Å². The summed E-state index contributed by atoms with van der Waals surface area (Å²) < 4.78 is 1.67. The second kappa shape index (κ2) is 8.02. The summed E-state index contributed by atoms with van der Waals surface area (Å²) in [6.45, 7) is 1.78. The van der Waals surface area contributed by atoms with Crippen LogP contribution in [-0.4, -0.2) is 37.5 Å². The smallest absolute Gasteiger partial charge is 0.209 e. The van der Waals surface area contributed by atoms with E-state index in [1.54, 1.807) is 28.8 Å². The van der Waals surface area contributed by atoms with Crippen LogP contribution in [0, 0.1) is 0 Å². The largest absolute Gasteiger partial charge is 0.312 e. The van der Waals surface area contributed by atoms with E-state index in [0.717, 1.165) is 24.0 Å². The number of pyridine rings is 1. The van der Waals surface area contributed by atoms with Crippen LogP contribution in [0.5, 0.6) is 0 Å².